The summed E-state index contributed by atoms with van der Waals surface area (Å²) in [4.78, 5) is 0. The number of benzene rings is 1. The van der Waals surface area contributed by atoms with Crippen molar-refractivity contribution in [3.63, 3.8) is 0 Å². The molecule has 0 radical (unpaired) electrons. The minimum atomic E-state index is -0.494. The van der Waals surface area contributed by atoms with Crippen LogP contribution in [0.2, 0.25) is 0 Å². The lowest BCUT2D eigenvalue weighted by atomic mass is 10.1. The first-order valence-corrected chi connectivity index (χ1v) is 5.69. The van der Waals surface area contributed by atoms with Crippen LogP contribution < -0.4 is 0 Å². The Kier molecular flexibility index (Phi) is 5.39. The summed E-state index contributed by atoms with van der Waals surface area (Å²) in [5.41, 5.74) is 0.117. The van der Waals surface area contributed by atoms with E-state index in [0.717, 1.165) is 12.8 Å². The van der Waals surface area contributed by atoms with Gasteiger partial charge in [-0.25, -0.2) is 8.78 Å². The van der Waals surface area contributed by atoms with Crippen LogP contribution in [0.15, 0.2) is 18.2 Å². The summed E-state index contributed by atoms with van der Waals surface area (Å²) in [6, 6.07) is 3.92. The molecule has 0 saturated carbocycles. The van der Waals surface area contributed by atoms with E-state index in [4.69, 9.17) is 4.74 Å². The molecule has 0 aliphatic rings. The van der Waals surface area contributed by atoms with Crippen LogP contribution in [0.1, 0.15) is 32.3 Å². The van der Waals surface area contributed by atoms with E-state index in [0.29, 0.717) is 6.61 Å². The molecule has 1 unspecified atom stereocenters. The monoisotopic (exact) mass is 228 g/mol. The lowest BCUT2D eigenvalue weighted by molar-refractivity contribution is 0.0632. The van der Waals surface area contributed by atoms with Crippen LogP contribution >= 0.6 is 0 Å². The SMILES string of the molecule is CCCCOC(C)Cc1c(F)cccc1F. The van der Waals surface area contributed by atoms with Crippen molar-refractivity contribution < 1.29 is 13.5 Å². The van der Waals surface area contributed by atoms with Gasteiger partial charge < -0.3 is 4.74 Å². The highest BCUT2D eigenvalue weighted by atomic mass is 19.1. The topological polar surface area (TPSA) is 9.23 Å². The minimum Gasteiger partial charge on any atom is -0.378 e. The number of halogens is 2. The van der Waals surface area contributed by atoms with Gasteiger partial charge >= 0.3 is 0 Å². The van der Waals surface area contributed by atoms with Crippen molar-refractivity contribution in [2.24, 2.45) is 0 Å². The summed E-state index contributed by atoms with van der Waals surface area (Å²) >= 11 is 0. The molecule has 0 spiro atoms. The van der Waals surface area contributed by atoms with Gasteiger partial charge in [-0.05, 0) is 25.5 Å². The quantitative estimate of drug-likeness (QED) is 0.674. The van der Waals surface area contributed by atoms with Gasteiger partial charge in [0.05, 0.1) is 6.10 Å². The standard InChI is InChI=1S/C13H18F2O/c1-3-4-8-16-10(2)9-11-12(14)6-5-7-13(11)15/h5-7,10H,3-4,8-9H2,1-2H3. The van der Waals surface area contributed by atoms with Crippen molar-refractivity contribution in [2.45, 2.75) is 39.2 Å². The van der Waals surface area contributed by atoms with Crippen molar-refractivity contribution in [3.05, 3.63) is 35.4 Å². The van der Waals surface area contributed by atoms with Crippen LogP contribution in [0.5, 0.6) is 0 Å². The molecule has 1 nitrogen and oxygen atoms in total. The maximum atomic E-state index is 13.3. The van der Waals surface area contributed by atoms with Crippen molar-refractivity contribution in [2.75, 3.05) is 6.61 Å². The third kappa shape index (κ3) is 3.89. The molecule has 0 N–H and O–H groups in total. The largest absolute Gasteiger partial charge is 0.378 e. The summed E-state index contributed by atoms with van der Waals surface area (Å²) in [6.45, 7) is 4.56. The fourth-order valence-electron chi connectivity index (χ4n) is 1.50. The van der Waals surface area contributed by atoms with Crippen molar-refractivity contribution in [1.29, 1.82) is 0 Å². The van der Waals surface area contributed by atoms with Crippen LogP contribution in [-0.2, 0) is 11.2 Å². The molecule has 0 heterocycles. The first-order chi connectivity index (χ1) is 7.65. The highest BCUT2D eigenvalue weighted by molar-refractivity contribution is 5.20. The number of hydrogen-bond acceptors (Lipinski definition) is 1. The fourth-order valence-corrected chi connectivity index (χ4v) is 1.50. The molecule has 0 aromatic heterocycles. The van der Waals surface area contributed by atoms with Crippen LogP contribution in [0, 0.1) is 11.6 Å². The molecule has 16 heavy (non-hydrogen) atoms. The average Bonchev–Trinajstić information content (AvgIpc) is 2.24. The van der Waals surface area contributed by atoms with Crippen molar-refractivity contribution in [3.8, 4) is 0 Å². The first kappa shape index (κ1) is 13.1. The molecule has 0 aliphatic carbocycles. The second kappa shape index (κ2) is 6.59. The zero-order valence-corrected chi connectivity index (χ0v) is 9.80. The zero-order chi connectivity index (χ0) is 12.0. The van der Waals surface area contributed by atoms with E-state index in [2.05, 4.69) is 6.92 Å². The summed E-state index contributed by atoms with van der Waals surface area (Å²) in [7, 11) is 0. The summed E-state index contributed by atoms with van der Waals surface area (Å²) in [5.74, 6) is -0.989. The Labute approximate surface area is 95.4 Å². The van der Waals surface area contributed by atoms with Crippen LogP contribution in [0.4, 0.5) is 8.78 Å². The van der Waals surface area contributed by atoms with E-state index in [1.54, 1.807) is 0 Å². The zero-order valence-electron chi connectivity index (χ0n) is 9.80. The predicted octanol–water partition coefficient (Wildman–Crippen LogP) is 3.71. The Morgan fingerprint density at radius 3 is 2.44 bits per heavy atom. The number of hydrogen-bond donors (Lipinski definition) is 0. The third-order valence-electron chi connectivity index (χ3n) is 2.45. The van der Waals surface area contributed by atoms with Gasteiger partial charge in [-0.2, -0.15) is 0 Å². The van der Waals surface area contributed by atoms with Gasteiger partial charge in [0.1, 0.15) is 11.6 Å². The van der Waals surface area contributed by atoms with Gasteiger partial charge in [0.15, 0.2) is 0 Å². The van der Waals surface area contributed by atoms with Crippen LogP contribution in [0.25, 0.3) is 0 Å². The summed E-state index contributed by atoms with van der Waals surface area (Å²) < 4.78 is 32.1. The molecule has 90 valence electrons. The molecular formula is C13H18F2O. The summed E-state index contributed by atoms with van der Waals surface area (Å²) in [6.07, 6.45) is 2.16. The normalized spacial score (nSPS) is 12.8. The van der Waals surface area contributed by atoms with E-state index < -0.39 is 11.6 Å². The molecule has 1 atom stereocenters. The number of unbranched alkanes of at least 4 members (excludes halogenated alkanes) is 1. The molecule has 0 aliphatic heterocycles. The molecule has 1 aromatic rings. The van der Waals surface area contributed by atoms with Gasteiger partial charge in [0.2, 0.25) is 0 Å². The molecule has 1 aromatic carbocycles. The highest BCUT2D eigenvalue weighted by Crippen LogP contribution is 2.15. The second-order valence-electron chi connectivity index (χ2n) is 3.94. The van der Waals surface area contributed by atoms with Crippen molar-refractivity contribution >= 4 is 0 Å². The van der Waals surface area contributed by atoms with Crippen molar-refractivity contribution in [1.82, 2.24) is 0 Å². The smallest absolute Gasteiger partial charge is 0.129 e. The van der Waals surface area contributed by atoms with Crippen LogP contribution in [0.3, 0.4) is 0 Å². The summed E-state index contributed by atoms with van der Waals surface area (Å²) in [5, 5.41) is 0. The lowest BCUT2D eigenvalue weighted by Crippen LogP contribution is -2.14. The molecule has 1 rings (SSSR count). The average molecular weight is 228 g/mol. The molecule has 3 heteroatoms. The van der Waals surface area contributed by atoms with Gasteiger partial charge in [-0.15, -0.1) is 0 Å². The Bertz CT molecular complexity index is 305. The highest BCUT2D eigenvalue weighted by Gasteiger charge is 2.12. The Hall–Kier alpha value is -0.960. The third-order valence-corrected chi connectivity index (χ3v) is 2.45. The lowest BCUT2D eigenvalue weighted by Gasteiger charge is -2.13. The van der Waals surface area contributed by atoms with Gasteiger partial charge in [-0.3, -0.25) is 0 Å². The molecule has 0 saturated heterocycles. The number of ether oxygens (including phenoxy) is 1. The Morgan fingerprint density at radius 2 is 1.88 bits per heavy atom. The van der Waals surface area contributed by atoms with E-state index in [9.17, 15) is 8.78 Å². The fraction of sp³-hybridized carbons (Fsp3) is 0.538. The van der Waals surface area contributed by atoms with E-state index in [1.807, 2.05) is 6.92 Å². The van der Waals surface area contributed by atoms with E-state index in [-0.39, 0.29) is 18.1 Å². The second-order valence-corrected chi connectivity index (χ2v) is 3.94. The molecule has 0 bridgehead atoms. The minimum absolute atomic E-state index is 0.117. The maximum absolute atomic E-state index is 13.3. The molecule has 0 fully saturated rings. The van der Waals surface area contributed by atoms with Gasteiger partial charge in [0.25, 0.3) is 0 Å². The van der Waals surface area contributed by atoms with E-state index in [1.165, 1.54) is 18.2 Å². The molecule has 0 amide bonds. The Morgan fingerprint density at radius 1 is 1.25 bits per heavy atom. The van der Waals surface area contributed by atoms with Gasteiger partial charge in [0, 0.05) is 18.6 Å². The van der Waals surface area contributed by atoms with Gasteiger partial charge in [-0.1, -0.05) is 19.4 Å². The van der Waals surface area contributed by atoms with E-state index >= 15 is 0 Å². The molecular weight excluding hydrogens is 210 g/mol. The number of rotatable bonds is 6. The first-order valence-electron chi connectivity index (χ1n) is 5.69. The predicted molar refractivity (Wildman–Crippen MR) is 60.4 cm³/mol. The maximum Gasteiger partial charge on any atom is 0.129 e. The van der Waals surface area contributed by atoms with Crippen LogP contribution in [-0.4, -0.2) is 12.7 Å². The Balaban J connectivity index is 2.52.